The van der Waals surface area contributed by atoms with Crippen LogP contribution in [0, 0.1) is 0 Å². The summed E-state index contributed by atoms with van der Waals surface area (Å²) in [5, 5.41) is 2.88. The number of nitrogens with one attached hydrogen (secondary N) is 1. The van der Waals surface area contributed by atoms with E-state index in [4.69, 9.17) is 10.5 Å². The molecule has 0 saturated carbocycles. The Morgan fingerprint density at radius 3 is 2.14 bits per heavy atom. The second kappa shape index (κ2) is 9.62. The van der Waals surface area contributed by atoms with Crippen molar-refractivity contribution in [3.05, 3.63) is 95.6 Å². The molecule has 0 unspecified atom stereocenters. The van der Waals surface area contributed by atoms with Crippen LogP contribution in [-0.4, -0.2) is 41.4 Å². The van der Waals surface area contributed by atoms with Crippen LogP contribution in [0.5, 0.6) is 0 Å². The summed E-state index contributed by atoms with van der Waals surface area (Å²) in [7, 11) is 0. The van der Waals surface area contributed by atoms with Crippen molar-refractivity contribution in [1.82, 2.24) is 10.2 Å². The molecule has 2 aliphatic rings. The lowest BCUT2D eigenvalue weighted by Crippen LogP contribution is -2.54. The minimum Gasteiger partial charge on any atom is -0.445 e. The lowest BCUT2D eigenvalue weighted by Gasteiger charge is -2.28. The molecular formula is C28H27N3O4. The number of nitrogens with zero attached hydrogens (tertiary/aromatic N) is 1. The Morgan fingerprint density at radius 1 is 0.914 bits per heavy atom. The van der Waals surface area contributed by atoms with Gasteiger partial charge in [0.1, 0.15) is 18.7 Å². The predicted molar refractivity (Wildman–Crippen MR) is 131 cm³/mol. The van der Waals surface area contributed by atoms with Gasteiger partial charge >= 0.3 is 6.09 Å². The first-order chi connectivity index (χ1) is 17.0. The van der Waals surface area contributed by atoms with E-state index in [1.165, 1.54) is 4.90 Å². The second-order valence-corrected chi connectivity index (χ2v) is 8.93. The summed E-state index contributed by atoms with van der Waals surface area (Å²) < 4.78 is 5.45. The van der Waals surface area contributed by atoms with Gasteiger partial charge in [0.2, 0.25) is 11.8 Å². The van der Waals surface area contributed by atoms with Crippen molar-refractivity contribution in [2.45, 2.75) is 37.5 Å². The molecular weight excluding hydrogens is 442 g/mol. The Kier molecular flexibility index (Phi) is 6.23. The molecule has 1 saturated heterocycles. The zero-order valence-electron chi connectivity index (χ0n) is 19.2. The predicted octanol–water partition coefficient (Wildman–Crippen LogP) is 3.57. The van der Waals surface area contributed by atoms with Gasteiger partial charge in [-0.1, -0.05) is 78.9 Å². The molecule has 0 aromatic heterocycles. The second-order valence-electron chi connectivity index (χ2n) is 8.93. The highest BCUT2D eigenvalue weighted by atomic mass is 16.6. The first-order valence-electron chi connectivity index (χ1n) is 11.8. The Labute approximate surface area is 203 Å². The van der Waals surface area contributed by atoms with Gasteiger partial charge in [0.15, 0.2) is 0 Å². The highest BCUT2D eigenvalue weighted by Gasteiger charge is 2.41. The molecule has 1 aliphatic heterocycles. The number of carbonyl (C=O) groups excluding carboxylic acids is 3. The molecule has 0 bridgehead atoms. The summed E-state index contributed by atoms with van der Waals surface area (Å²) in [5.41, 5.74) is 10.6. The lowest BCUT2D eigenvalue weighted by atomic mass is 9.88. The lowest BCUT2D eigenvalue weighted by molar-refractivity contribution is -0.130. The maximum atomic E-state index is 13.4. The van der Waals surface area contributed by atoms with Crippen LogP contribution in [0.15, 0.2) is 78.9 Å². The van der Waals surface area contributed by atoms with Crippen LogP contribution in [0.4, 0.5) is 4.79 Å². The van der Waals surface area contributed by atoms with Crippen molar-refractivity contribution in [2.24, 2.45) is 5.73 Å². The van der Waals surface area contributed by atoms with E-state index < -0.39 is 35.9 Å². The molecule has 0 radical (unpaired) electrons. The molecule has 3 amide bonds. The number of amides is 3. The molecule has 3 aromatic carbocycles. The first-order valence-corrected chi connectivity index (χ1v) is 11.8. The van der Waals surface area contributed by atoms with Crippen LogP contribution in [0.2, 0.25) is 0 Å². The first kappa shape index (κ1) is 22.7. The molecule has 1 aliphatic carbocycles. The van der Waals surface area contributed by atoms with Gasteiger partial charge < -0.3 is 15.8 Å². The van der Waals surface area contributed by atoms with E-state index in [0.29, 0.717) is 19.4 Å². The molecule has 1 heterocycles. The average molecular weight is 470 g/mol. The number of benzene rings is 3. The van der Waals surface area contributed by atoms with Crippen molar-refractivity contribution in [1.29, 1.82) is 0 Å². The zero-order valence-corrected chi connectivity index (χ0v) is 19.2. The van der Waals surface area contributed by atoms with E-state index >= 15 is 0 Å². The van der Waals surface area contributed by atoms with Gasteiger partial charge in [0.05, 0.1) is 0 Å². The average Bonchev–Trinajstić information content (AvgIpc) is 3.50. The van der Waals surface area contributed by atoms with Crippen molar-refractivity contribution in [3.8, 4) is 11.1 Å². The minimum atomic E-state index is -0.949. The number of primary amides is 1. The van der Waals surface area contributed by atoms with E-state index in [9.17, 15) is 14.4 Å². The standard InChI is InChI=1S/C28H27N3O4/c29-26(32)25(24-21-13-6-4-11-19(21)20-12-5-7-14-22(20)24)30-27(33)23-15-8-16-31(23)28(34)35-17-18-9-2-1-3-10-18/h1-7,9-14,23-25H,8,15-17H2,(H2,29,32)(H,30,33)/t23-,25-/m1/s1. The van der Waals surface area contributed by atoms with Gasteiger partial charge in [0.25, 0.3) is 0 Å². The summed E-state index contributed by atoms with van der Waals surface area (Å²) in [4.78, 5) is 40.2. The van der Waals surface area contributed by atoms with Crippen molar-refractivity contribution < 1.29 is 19.1 Å². The topological polar surface area (TPSA) is 102 Å². The van der Waals surface area contributed by atoms with Gasteiger partial charge in [-0.05, 0) is 40.7 Å². The summed E-state index contributed by atoms with van der Waals surface area (Å²) in [6.07, 6.45) is 0.628. The van der Waals surface area contributed by atoms with Crippen molar-refractivity contribution in [3.63, 3.8) is 0 Å². The Bertz CT molecular complexity index is 1210. The summed E-state index contributed by atoms with van der Waals surface area (Å²) in [5.74, 6) is -1.42. The van der Waals surface area contributed by atoms with E-state index in [-0.39, 0.29) is 6.61 Å². The fourth-order valence-corrected chi connectivity index (χ4v) is 5.18. The van der Waals surface area contributed by atoms with Crippen molar-refractivity contribution in [2.75, 3.05) is 6.54 Å². The molecule has 2 atom stereocenters. The van der Waals surface area contributed by atoms with Crippen LogP contribution >= 0.6 is 0 Å². The highest BCUT2D eigenvalue weighted by molar-refractivity contribution is 5.93. The van der Waals surface area contributed by atoms with Crippen LogP contribution < -0.4 is 11.1 Å². The fraction of sp³-hybridized carbons (Fsp3) is 0.250. The van der Waals surface area contributed by atoms with Gasteiger partial charge in [-0.25, -0.2) is 4.79 Å². The largest absolute Gasteiger partial charge is 0.445 e. The molecule has 0 spiro atoms. The smallest absolute Gasteiger partial charge is 0.410 e. The summed E-state index contributed by atoms with van der Waals surface area (Å²) in [6.45, 7) is 0.548. The number of carbonyl (C=O) groups is 3. The number of likely N-dealkylation sites (tertiary alicyclic amines) is 1. The Hall–Kier alpha value is -4.13. The van der Waals surface area contributed by atoms with Crippen LogP contribution in [0.3, 0.4) is 0 Å². The molecule has 1 fully saturated rings. The summed E-state index contributed by atoms with van der Waals surface area (Å²) >= 11 is 0. The molecule has 3 N–H and O–H groups in total. The number of hydrogen-bond donors (Lipinski definition) is 2. The number of fused-ring (bicyclic) bond motifs is 3. The van der Waals surface area contributed by atoms with Gasteiger partial charge in [-0.15, -0.1) is 0 Å². The third kappa shape index (κ3) is 4.37. The van der Waals surface area contributed by atoms with Gasteiger partial charge in [-0.2, -0.15) is 0 Å². The number of hydrogen-bond acceptors (Lipinski definition) is 4. The van der Waals surface area contributed by atoms with Gasteiger partial charge in [-0.3, -0.25) is 14.5 Å². The monoisotopic (exact) mass is 469 g/mol. The van der Waals surface area contributed by atoms with Gasteiger partial charge in [0, 0.05) is 12.5 Å². The van der Waals surface area contributed by atoms with E-state index in [1.807, 2.05) is 78.9 Å². The van der Waals surface area contributed by atoms with E-state index in [2.05, 4.69) is 5.32 Å². The Morgan fingerprint density at radius 2 is 1.51 bits per heavy atom. The third-order valence-corrected chi connectivity index (χ3v) is 6.81. The van der Waals surface area contributed by atoms with Crippen LogP contribution in [0.25, 0.3) is 11.1 Å². The molecule has 35 heavy (non-hydrogen) atoms. The number of ether oxygens (including phenoxy) is 1. The molecule has 7 heteroatoms. The normalized spacial score (nSPS) is 17.4. The Balaban J connectivity index is 1.34. The highest BCUT2D eigenvalue weighted by Crippen LogP contribution is 2.46. The molecule has 5 rings (SSSR count). The van der Waals surface area contributed by atoms with Crippen molar-refractivity contribution >= 4 is 17.9 Å². The van der Waals surface area contributed by atoms with Crippen LogP contribution in [0.1, 0.15) is 35.4 Å². The minimum absolute atomic E-state index is 0.129. The van der Waals surface area contributed by atoms with E-state index in [0.717, 1.165) is 27.8 Å². The zero-order chi connectivity index (χ0) is 24.4. The van der Waals surface area contributed by atoms with Crippen LogP contribution in [-0.2, 0) is 20.9 Å². The SMILES string of the molecule is NC(=O)[C@H](NC(=O)[C@H]1CCCN1C(=O)OCc1ccccc1)C1c2ccccc2-c2ccccc21. The maximum Gasteiger partial charge on any atom is 0.410 e. The molecule has 7 nitrogen and oxygen atoms in total. The fourth-order valence-electron chi connectivity index (χ4n) is 5.18. The van der Waals surface area contributed by atoms with E-state index in [1.54, 1.807) is 0 Å². The number of rotatable bonds is 6. The molecule has 3 aromatic rings. The summed E-state index contributed by atoms with van der Waals surface area (Å²) in [6, 6.07) is 23.4. The number of nitrogens with two attached hydrogens (primary N) is 1. The molecule has 178 valence electrons. The maximum absolute atomic E-state index is 13.4. The quantitative estimate of drug-likeness (QED) is 0.576. The third-order valence-electron chi connectivity index (χ3n) is 6.81.